The molecular formula is C15H21N5. The van der Waals surface area contributed by atoms with Gasteiger partial charge >= 0.3 is 0 Å². The quantitative estimate of drug-likeness (QED) is 0.892. The molecule has 1 aromatic carbocycles. The molecule has 1 aliphatic heterocycles. The van der Waals surface area contributed by atoms with Crippen LogP contribution in [0, 0.1) is 0 Å². The van der Waals surface area contributed by atoms with Gasteiger partial charge in [0.25, 0.3) is 0 Å². The van der Waals surface area contributed by atoms with Gasteiger partial charge in [0.2, 0.25) is 5.95 Å². The number of rotatable bonds is 4. The number of benzene rings is 1. The van der Waals surface area contributed by atoms with Gasteiger partial charge in [-0.15, -0.1) is 0 Å². The number of nitrogens with zero attached hydrogens (tertiary/aromatic N) is 3. The van der Waals surface area contributed by atoms with Crippen LogP contribution in [0.15, 0.2) is 24.3 Å². The van der Waals surface area contributed by atoms with Crippen molar-refractivity contribution in [3.63, 3.8) is 0 Å². The lowest BCUT2D eigenvalue weighted by Gasteiger charge is -2.20. The minimum atomic E-state index is 0.599. The number of para-hydroxylation sites is 1. The van der Waals surface area contributed by atoms with E-state index in [1.807, 2.05) is 25.2 Å². The zero-order valence-corrected chi connectivity index (χ0v) is 12.1. The Morgan fingerprint density at radius 2 is 2.15 bits per heavy atom. The summed E-state index contributed by atoms with van der Waals surface area (Å²) in [4.78, 5) is 11.4. The fourth-order valence-electron chi connectivity index (χ4n) is 2.77. The number of aromatic nitrogens is 2. The highest BCUT2D eigenvalue weighted by atomic mass is 15.2. The minimum absolute atomic E-state index is 0.599. The van der Waals surface area contributed by atoms with Gasteiger partial charge in [0.15, 0.2) is 0 Å². The summed E-state index contributed by atoms with van der Waals surface area (Å²) in [5.41, 5.74) is 0.967. The molecule has 5 heteroatoms. The number of likely N-dealkylation sites (tertiary alicyclic amines) is 1. The van der Waals surface area contributed by atoms with Gasteiger partial charge in [-0.2, -0.15) is 4.98 Å². The van der Waals surface area contributed by atoms with Gasteiger partial charge in [0.1, 0.15) is 5.82 Å². The number of likely N-dealkylation sites (N-methyl/N-ethyl adjacent to an activating group) is 1. The van der Waals surface area contributed by atoms with Crippen LogP contribution in [-0.2, 0) is 0 Å². The predicted molar refractivity (Wildman–Crippen MR) is 83.2 cm³/mol. The van der Waals surface area contributed by atoms with E-state index < -0.39 is 0 Å². The van der Waals surface area contributed by atoms with E-state index >= 15 is 0 Å². The molecule has 20 heavy (non-hydrogen) atoms. The van der Waals surface area contributed by atoms with Gasteiger partial charge in [0.05, 0.1) is 5.52 Å². The third-order valence-electron chi connectivity index (χ3n) is 4.00. The number of nitrogens with one attached hydrogen (secondary N) is 2. The second kappa shape index (κ2) is 5.63. The van der Waals surface area contributed by atoms with Crippen LogP contribution in [0.1, 0.15) is 12.8 Å². The van der Waals surface area contributed by atoms with Crippen LogP contribution in [-0.4, -0.2) is 48.1 Å². The average molecular weight is 271 g/mol. The van der Waals surface area contributed by atoms with Gasteiger partial charge in [-0.25, -0.2) is 4.98 Å². The molecule has 1 saturated heterocycles. The maximum absolute atomic E-state index is 4.55. The first-order valence-corrected chi connectivity index (χ1v) is 7.16. The van der Waals surface area contributed by atoms with Crippen LogP contribution in [0.2, 0.25) is 0 Å². The monoisotopic (exact) mass is 271 g/mol. The lowest BCUT2D eigenvalue weighted by molar-refractivity contribution is 0.322. The highest BCUT2D eigenvalue weighted by Crippen LogP contribution is 2.22. The molecule has 3 rings (SSSR count). The Kier molecular flexibility index (Phi) is 3.69. The van der Waals surface area contributed by atoms with Crippen LogP contribution < -0.4 is 10.6 Å². The number of fused-ring (bicyclic) bond motifs is 1. The largest absolute Gasteiger partial charge is 0.368 e. The van der Waals surface area contributed by atoms with Gasteiger partial charge in [-0.05, 0) is 38.6 Å². The van der Waals surface area contributed by atoms with Crippen molar-refractivity contribution in [2.75, 3.05) is 37.8 Å². The second-order valence-electron chi connectivity index (χ2n) is 5.32. The van der Waals surface area contributed by atoms with E-state index in [0.717, 1.165) is 23.3 Å². The summed E-state index contributed by atoms with van der Waals surface area (Å²) in [6.07, 6.45) is 2.54. The standard InChI is InChI=1S/C15H21N5/c1-16-15-18-13-8-4-3-7-12(13)14(19-15)17-10-11-6-5-9-20(11)2/h3-4,7-8,11H,5-6,9-10H2,1-2H3,(H2,16,17,18,19). The SMILES string of the molecule is CNc1nc(NCC2CCCN2C)c2ccccc2n1. The summed E-state index contributed by atoms with van der Waals surface area (Å²) in [6, 6.07) is 8.71. The molecule has 0 bridgehead atoms. The van der Waals surface area contributed by atoms with Gasteiger partial charge < -0.3 is 15.5 Å². The Labute approximate surface area is 119 Å². The molecule has 2 aromatic rings. The van der Waals surface area contributed by atoms with E-state index in [9.17, 15) is 0 Å². The summed E-state index contributed by atoms with van der Waals surface area (Å²) in [7, 11) is 4.04. The average Bonchev–Trinajstić information content (AvgIpc) is 2.89. The third-order valence-corrected chi connectivity index (χ3v) is 4.00. The lowest BCUT2D eigenvalue weighted by atomic mass is 10.2. The van der Waals surface area contributed by atoms with Crippen LogP contribution in [0.5, 0.6) is 0 Å². The van der Waals surface area contributed by atoms with E-state index in [2.05, 4.69) is 38.6 Å². The number of hydrogen-bond donors (Lipinski definition) is 2. The number of anilines is 2. The Morgan fingerprint density at radius 3 is 2.90 bits per heavy atom. The second-order valence-corrected chi connectivity index (χ2v) is 5.32. The Balaban J connectivity index is 1.85. The maximum Gasteiger partial charge on any atom is 0.224 e. The maximum atomic E-state index is 4.55. The van der Waals surface area contributed by atoms with Crippen LogP contribution in [0.4, 0.5) is 11.8 Å². The number of hydrogen-bond acceptors (Lipinski definition) is 5. The smallest absolute Gasteiger partial charge is 0.224 e. The van der Waals surface area contributed by atoms with Crippen LogP contribution in [0.25, 0.3) is 10.9 Å². The normalized spacial score (nSPS) is 19.4. The minimum Gasteiger partial charge on any atom is -0.368 e. The van der Waals surface area contributed by atoms with Crippen molar-refractivity contribution in [3.8, 4) is 0 Å². The molecule has 0 spiro atoms. The lowest BCUT2D eigenvalue weighted by Crippen LogP contribution is -2.31. The van der Waals surface area contributed by atoms with Gasteiger partial charge in [0, 0.05) is 25.0 Å². The Bertz CT molecular complexity index is 598. The summed E-state index contributed by atoms with van der Waals surface area (Å²) >= 11 is 0. The molecule has 1 fully saturated rings. The van der Waals surface area contributed by atoms with E-state index in [-0.39, 0.29) is 0 Å². The first-order chi connectivity index (χ1) is 9.78. The van der Waals surface area contributed by atoms with E-state index in [1.54, 1.807) is 0 Å². The summed E-state index contributed by atoms with van der Waals surface area (Å²) in [5.74, 6) is 1.58. The summed E-state index contributed by atoms with van der Waals surface area (Å²) in [5, 5.41) is 7.60. The topological polar surface area (TPSA) is 53.1 Å². The first kappa shape index (κ1) is 13.1. The molecule has 1 aromatic heterocycles. The van der Waals surface area contributed by atoms with Crippen molar-refractivity contribution in [1.82, 2.24) is 14.9 Å². The van der Waals surface area contributed by atoms with E-state index in [1.165, 1.54) is 19.4 Å². The van der Waals surface area contributed by atoms with Crippen molar-refractivity contribution in [1.29, 1.82) is 0 Å². The van der Waals surface area contributed by atoms with Crippen molar-refractivity contribution in [2.45, 2.75) is 18.9 Å². The van der Waals surface area contributed by atoms with Gasteiger partial charge in [-0.1, -0.05) is 12.1 Å². The molecule has 5 nitrogen and oxygen atoms in total. The molecule has 1 unspecified atom stereocenters. The molecule has 2 N–H and O–H groups in total. The molecule has 0 amide bonds. The van der Waals surface area contributed by atoms with Crippen LogP contribution >= 0.6 is 0 Å². The van der Waals surface area contributed by atoms with Crippen molar-refractivity contribution < 1.29 is 0 Å². The van der Waals surface area contributed by atoms with Gasteiger partial charge in [-0.3, -0.25) is 0 Å². The molecule has 1 aliphatic rings. The summed E-state index contributed by atoms with van der Waals surface area (Å²) < 4.78 is 0. The fourth-order valence-corrected chi connectivity index (χ4v) is 2.77. The molecule has 106 valence electrons. The Morgan fingerprint density at radius 1 is 1.30 bits per heavy atom. The summed E-state index contributed by atoms with van der Waals surface area (Å²) in [6.45, 7) is 2.12. The highest BCUT2D eigenvalue weighted by molar-refractivity contribution is 5.89. The molecule has 0 aliphatic carbocycles. The molecule has 0 saturated carbocycles. The predicted octanol–water partition coefficient (Wildman–Crippen LogP) is 2.18. The fraction of sp³-hybridized carbons (Fsp3) is 0.467. The molecule has 0 radical (unpaired) electrons. The molecule has 2 heterocycles. The Hall–Kier alpha value is -1.88. The zero-order valence-electron chi connectivity index (χ0n) is 12.1. The van der Waals surface area contributed by atoms with E-state index in [4.69, 9.17) is 0 Å². The first-order valence-electron chi connectivity index (χ1n) is 7.16. The molecular weight excluding hydrogens is 250 g/mol. The molecule has 1 atom stereocenters. The van der Waals surface area contributed by atoms with Crippen molar-refractivity contribution >= 4 is 22.7 Å². The third kappa shape index (κ3) is 2.54. The van der Waals surface area contributed by atoms with E-state index in [0.29, 0.717) is 12.0 Å². The highest BCUT2D eigenvalue weighted by Gasteiger charge is 2.20. The van der Waals surface area contributed by atoms with Crippen molar-refractivity contribution in [3.05, 3.63) is 24.3 Å². The van der Waals surface area contributed by atoms with Crippen LogP contribution in [0.3, 0.4) is 0 Å². The van der Waals surface area contributed by atoms with Crippen molar-refractivity contribution in [2.24, 2.45) is 0 Å². The zero-order chi connectivity index (χ0) is 13.9.